The summed E-state index contributed by atoms with van der Waals surface area (Å²) in [6.45, 7) is 2.77. The lowest BCUT2D eigenvalue weighted by Crippen LogP contribution is -2.33. The molecule has 2 rings (SSSR count). The van der Waals surface area contributed by atoms with Crippen molar-refractivity contribution in [3.63, 3.8) is 0 Å². The molecule has 1 aromatic carbocycles. The molecule has 0 saturated carbocycles. The molecule has 2 unspecified atom stereocenters. The Balaban J connectivity index is 2.01. The van der Waals surface area contributed by atoms with E-state index < -0.39 is 6.10 Å². The van der Waals surface area contributed by atoms with Gasteiger partial charge in [-0.15, -0.1) is 0 Å². The van der Waals surface area contributed by atoms with Crippen molar-refractivity contribution in [1.82, 2.24) is 9.88 Å². The summed E-state index contributed by atoms with van der Waals surface area (Å²) in [6.07, 6.45) is 3.07. The normalized spacial score (nSPS) is 14.0. The highest BCUT2D eigenvalue weighted by atomic mass is 16.5. The minimum absolute atomic E-state index is 0.00130. The van der Waals surface area contributed by atoms with E-state index >= 15 is 0 Å². The molecule has 21 heavy (non-hydrogen) atoms. The first kappa shape index (κ1) is 15.5. The maximum absolute atomic E-state index is 10.5. The lowest BCUT2D eigenvalue weighted by Gasteiger charge is -2.29. The lowest BCUT2D eigenvalue weighted by molar-refractivity contribution is 0.0687. The minimum atomic E-state index is -0.544. The van der Waals surface area contributed by atoms with Gasteiger partial charge in [0.1, 0.15) is 5.75 Å². The van der Waals surface area contributed by atoms with E-state index in [-0.39, 0.29) is 6.04 Å². The second-order valence-electron chi connectivity index (χ2n) is 5.23. The average Bonchev–Trinajstić information content (AvgIpc) is 2.54. The van der Waals surface area contributed by atoms with Crippen LogP contribution in [0.15, 0.2) is 48.8 Å². The monoisotopic (exact) mass is 286 g/mol. The fraction of sp³-hybridized carbons (Fsp3) is 0.353. The molecule has 0 amide bonds. The standard InChI is InChI=1S/C17H22N2O2/c1-13(19(2)12-14-5-4-10-18-11-14)17(20)15-6-8-16(21-3)9-7-15/h4-11,13,17,20H,12H2,1-3H3. The molecule has 2 atom stereocenters. The molecule has 112 valence electrons. The number of likely N-dealkylation sites (N-methyl/N-ethyl adjacent to an activating group) is 1. The predicted octanol–water partition coefficient (Wildman–Crippen LogP) is 2.64. The highest BCUT2D eigenvalue weighted by Crippen LogP contribution is 2.23. The number of aliphatic hydroxyl groups excluding tert-OH is 1. The van der Waals surface area contributed by atoms with Crippen molar-refractivity contribution in [2.24, 2.45) is 0 Å². The fourth-order valence-corrected chi connectivity index (χ4v) is 2.24. The summed E-state index contributed by atoms with van der Waals surface area (Å²) in [7, 11) is 3.64. The molecule has 0 aliphatic heterocycles. The van der Waals surface area contributed by atoms with E-state index in [1.54, 1.807) is 13.3 Å². The molecular weight excluding hydrogens is 264 g/mol. The zero-order valence-electron chi connectivity index (χ0n) is 12.7. The van der Waals surface area contributed by atoms with E-state index in [1.165, 1.54) is 0 Å². The Bertz CT molecular complexity index is 542. The molecule has 4 nitrogen and oxygen atoms in total. The number of nitrogens with zero attached hydrogens (tertiary/aromatic N) is 2. The van der Waals surface area contributed by atoms with Crippen molar-refractivity contribution in [2.45, 2.75) is 25.6 Å². The van der Waals surface area contributed by atoms with Gasteiger partial charge in [0.25, 0.3) is 0 Å². The van der Waals surface area contributed by atoms with Crippen LogP contribution in [0.1, 0.15) is 24.2 Å². The van der Waals surface area contributed by atoms with Crippen LogP contribution in [0.2, 0.25) is 0 Å². The summed E-state index contributed by atoms with van der Waals surface area (Å²) in [4.78, 5) is 6.23. The summed E-state index contributed by atoms with van der Waals surface area (Å²) < 4.78 is 5.14. The fourth-order valence-electron chi connectivity index (χ4n) is 2.24. The van der Waals surface area contributed by atoms with Crippen molar-refractivity contribution in [3.8, 4) is 5.75 Å². The molecule has 1 N–H and O–H groups in total. The van der Waals surface area contributed by atoms with Gasteiger partial charge in [0, 0.05) is 25.0 Å². The lowest BCUT2D eigenvalue weighted by atomic mass is 10.0. The number of aromatic nitrogens is 1. The van der Waals surface area contributed by atoms with E-state index in [1.807, 2.05) is 56.6 Å². The number of methoxy groups -OCH3 is 1. The zero-order valence-corrected chi connectivity index (χ0v) is 12.7. The van der Waals surface area contributed by atoms with Gasteiger partial charge < -0.3 is 9.84 Å². The Morgan fingerprint density at radius 1 is 1.24 bits per heavy atom. The van der Waals surface area contributed by atoms with Gasteiger partial charge in [0.15, 0.2) is 0 Å². The van der Waals surface area contributed by atoms with Gasteiger partial charge in [-0.1, -0.05) is 18.2 Å². The van der Waals surface area contributed by atoms with Crippen molar-refractivity contribution < 1.29 is 9.84 Å². The first-order valence-electron chi connectivity index (χ1n) is 7.03. The molecule has 0 bridgehead atoms. The number of rotatable bonds is 6. The van der Waals surface area contributed by atoms with Crippen LogP contribution in [0.25, 0.3) is 0 Å². The Morgan fingerprint density at radius 2 is 1.95 bits per heavy atom. The van der Waals surface area contributed by atoms with Crippen molar-refractivity contribution in [2.75, 3.05) is 14.2 Å². The second-order valence-corrected chi connectivity index (χ2v) is 5.23. The summed E-state index contributed by atoms with van der Waals surface area (Å²) in [6, 6.07) is 11.5. The van der Waals surface area contributed by atoms with Crippen LogP contribution < -0.4 is 4.74 Å². The van der Waals surface area contributed by atoms with Crippen LogP contribution >= 0.6 is 0 Å². The molecule has 1 aromatic heterocycles. The molecule has 0 radical (unpaired) electrons. The quantitative estimate of drug-likeness (QED) is 0.886. The zero-order chi connectivity index (χ0) is 15.2. The third-order valence-electron chi connectivity index (χ3n) is 3.76. The topological polar surface area (TPSA) is 45.6 Å². The molecule has 2 aromatic rings. The summed E-state index contributed by atoms with van der Waals surface area (Å²) in [5.41, 5.74) is 2.02. The molecule has 0 aliphatic carbocycles. The summed E-state index contributed by atoms with van der Waals surface area (Å²) >= 11 is 0. The predicted molar refractivity (Wildman–Crippen MR) is 83.1 cm³/mol. The molecular formula is C17H22N2O2. The minimum Gasteiger partial charge on any atom is -0.497 e. The third-order valence-corrected chi connectivity index (χ3v) is 3.76. The number of pyridine rings is 1. The van der Waals surface area contributed by atoms with Crippen molar-refractivity contribution in [3.05, 3.63) is 59.9 Å². The van der Waals surface area contributed by atoms with Crippen LogP contribution in [0, 0.1) is 0 Å². The van der Waals surface area contributed by atoms with Crippen LogP contribution in [0.3, 0.4) is 0 Å². The Hall–Kier alpha value is -1.91. The summed E-state index contributed by atoms with van der Waals surface area (Å²) in [5, 5.41) is 10.5. The molecule has 0 spiro atoms. The number of hydrogen-bond acceptors (Lipinski definition) is 4. The maximum Gasteiger partial charge on any atom is 0.118 e. The van der Waals surface area contributed by atoms with Gasteiger partial charge in [0.2, 0.25) is 0 Å². The first-order valence-corrected chi connectivity index (χ1v) is 7.03. The van der Waals surface area contributed by atoms with Gasteiger partial charge >= 0.3 is 0 Å². The van der Waals surface area contributed by atoms with Gasteiger partial charge in [-0.2, -0.15) is 0 Å². The van der Waals surface area contributed by atoms with E-state index in [2.05, 4.69) is 9.88 Å². The Labute approximate surface area is 126 Å². The van der Waals surface area contributed by atoms with Gasteiger partial charge in [-0.3, -0.25) is 9.88 Å². The van der Waals surface area contributed by atoms with Crippen molar-refractivity contribution in [1.29, 1.82) is 0 Å². The summed E-state index contributed by atoms with van der Waals surface area (Å²) in [5.74, 6) is 0.794. The van der Waals surface area contributed by atoms with E-state index in [9.17, 15) is 5.11 Å². The number of ether oxygens (including phenoxy) is 1. The van der Waals surface area contributed by atoms with E-state index in [0.717, 1.165) is 23.4 Å². The van der Waals surface area contributed by atoms with Crippen LogP contribution in [-0.2, 0) is 6.54 Å². The van der Waals surface area contributed by atoms with Crippen LogP contribution in [0.5, 0.6) is 5.75 Å². The highest BCUT2D eigenvalue weighted by Gasteiger charge is 2.20. The molecule has 1 heterocycles. The van der Waals surface area contributed by atoms with Crippen LogP contribution in [0.4, 0.5) is 0 Å². The molecule has 0 saturated heterocycles. The van der Waals surface area contributed by atoms with E-state index in [0.29, 0.717) is 0 Å². The third kappa shape index (κ3) is 4.03. The van der Waals surface area contributed by atoms with Gasteiger partial charge in [-0.25, -0.2) is 0 Å². The number of aliphatic hydroxyl groups is 1. The molecule has 0 fully saturated rings. The van der Waals surface area contributed by atoms with Gasteiger partial charge in [0.05, 0.1) is 13.2 Å². The first-order chi connectivity index (χ1) is 10.1. The molecule has 0 aliphatic rings. The van der Waals surface area contributed by atoms with Crippen LogP contribution in [-0.4, -0.2) is 35.2 Å². The Kier molecular flexibility index (Phi) is 5.31. The van der Waals surface area contributed by atoms with Crippen molar-refractivity contribution >= 4 is 0 Å². The second kappa shape index (κ2) is 7.20. The average molecular weight is 286 g/mol. The Morgan fingerprint density at radius 3 is 2.52 bits per heavy atom. The smallest absolute Gasteiger partial charge is 0.118 e. The number of hydrogen-bond donors (Lipinski definition) is 1. The maximum atomic E-state index is 10.5. The highest BCUT2D eigenvalue weighted by molar-refractivity contribution is 5.29. The number of benzene rings is 1. The van der Waals surface area contributed by atoms with Gasteiger partial charge in [-0.05, 0) is 43.3 Å². The SMILES string of the molecule is COc1ccc(C(O)C(C)N(C)Cc2cccnc2)cc1. The van der Waals surface area contributed by atoms with E-state index in [4.69, 9.17) is 4.74 Å². The largest absolute Gasteiger partial charge is 0.497 e. The molecule has 4 heteroatoms.